The lowest BCUT2D eigenvalue weighted by molar-refractivity contribution is -0.144. The number of benzene rings is 1. The average molecular weight is 467 g/mol. The van der Waals surface area contributed by atoms with E-state index in [4.69, 9.17) is 15.9 Å². The normalized spacial score (nSPS) is 16.4. The Hall–Kier alpha value is -3.02. The molecule has 0 saturated carbocycles. The van der Waals surface area contributed by atoms with Crippen LogP contribution >= 0.6 is 0 Å². The van der Waals surface area contributed by atoms with Crippen LogP contribution < -0.4 is 21.7 Å². The van der Waals surface area contributed by atoms with Crippen molar-refractivity contribution in [1.29, 1.82) is 0 Å². The van der Waals surface area contributed by atoms with Gasteiger partial charge in [0.25, 0.3) is 0 Å². The van der Waals surface area contributed by atoms with Crippen molar-refractivity contribution >= 4 is 23.7 Å². The summed E-state index contributed by atoms with van der Waals surface area (Å²) in [4.78, 5) is 49.2. The van der Waals surface area contributed by atoms with Crippen LogP contribution in [0.15, 0.2) is 30.3 Å². The second kappa shape index (κ2) is 13.5. The Balaban J connectivity index is 3.06. The number of aliphatic hydroxyl groups excluding tert-OH is 2. The molecule has 1 rings (SSSR count). The third kappa shape index (κ3) is 8.79. The summed E-state index contributed by atoms with van der Waals surface area (Å²) in [5.74, 6) is -3.91. The lowest BCUT2D eigenvalue weighted by Gasteiger charge is -2.27. The van der Waals surface area contributed by atoms with Gasteiger partial charge in [-0.1, -0.05) is 50.6 Å². The molecule has 3 amide bonds. The summed E-state index contributed by atoms with van der Waals surface area (Å²) in [6.45, 7) is 4.06. The summed E-state index contributed by atoms with van der Waals surface area (Å²) in [6.07, 6.45) is -0.643. The molecule has 0 saturated heterocycles. The third-order valence-corrected chi connectivity index (χ3v) is 5.34. The second-order valence-corrected chi connectivity index (χ2v) is 7.97. The summed E-state index contributed by atoms with van der Waals surface area (Å²) in [7, 11) is 0. The van der Waals surface area contributed by atoms with Crippen molar-refractivity contribution in [3.63, 3.8) is 0 Å². The summed E-state index contributed by atoms with van der Waals surface area (Å²) in [5.41, 5.74) is 6.72. The zero-order valence-electron chi connectivity index (χ0n) is 19.0. The number of aliphatic carboxylic acids is 1. The number of nitrogens with one attached hydrogen (secondary N) is 3. The van der Waals surface area contributed by atoms with Crippen LogP contribution in [0.1, 0.15) is 32.8 Å². The zero-order chi connectivity index (χ0) is 25.1. The minimum absolute atomic E-state index is 0.0914. The molecule has 0 aliphatic rings. The Morgan fingerprint density at radius 3 is 2.00 bits per heavy atom. The second-order valence-electron chi connectivity index (χ2n) is 7.97. The number of carbonyl (C=O) groups excluding carboxylic acids is 3. The van der Waals surface area contributed by atoms with Crippen molar-refractivity contribution in [2.45, 2.75) is 63.9 Å². The molecule has 0 heterocycles. The molecule has 0 aliphatic carbocycles. The van der Waals surface area contributed by atoms with Crippen LogP contribution in [0.5, 0.6) is 0 Å². The van der Waals surface area contributed by atoms with Gasteiger partial charge >= 0.3 is 5.97 Å². The molecule has 6 unspecified atom stereocenters. The Labute approximate surface area is 192 Å². The van der Waals surface area contributed by atoms with Crippen molar-refractivity contribution in [1.82, 2.24) is 16.0 Å². The van der Waals surface area contributed by atoms with Crippen molar-refractivity contribution in [3.8, 4) is 0 Å². The quantitative estimate of drug-likeness (QED) is 0.183. The molecule has 0 spiro atoms. The number of carbonyl (C=O) groups is 4. The largest absolute Gasteiger partial charge is 0.480 e. The molecule has 11 nitrogen and oxygen atoms in total. The van der Waals surface area contributed by atoms with E-state index in [2.05, 4.69) is 16.0 Å². The van der Waals surface area contributed by atoms with E-state index in [1.54, 1.807) is 30.3 Å². The van der Waals surface area contributed by atoms with Crippen LogP contribution in [0.4, 0.5) is 0 Å². The van der Waals surface area contributed by atoms with Gasteiger partial charge in [-0.25, -0.2) is 4.79 Å². The molecular weight excluding hydrogens is 432 g/mol. The number of hydrogen-bond acceptors (Lipinski definition) is 7. The first kappa shape index (κ1) is 28.0. The Morgan fingerprint density at radius 2 is 1.52 bits per heavy atom. The average Bonchev–Trinajstić information content (AvgIpc) is 2.79. The molecule has 1 aromatic rings. The van der Waals surface area contributed by atoms with E-state index >= 15 is 0 Å². The van der Waals surface area contributed by atoms with Crippen LogP contribution in [0.3, 0.4) is 0 Å². The lowest BCUT2D eigenvalue weighted by Crippen LogP contribution is -2.60. The van der Waals surface area contributed by atoms with Gasteiger partial charge in [0.05, 0.1) is 18.8 Å². The topological polar surface area (TPSA) is 191 Å². The van der Waals surface area contributed by atoms with E-state index in [9.17, 15) is 24.3 Å². The number of nitrogens with two attached hydrogens (primary N) is 1. The molecule has 0 bridgehead atoms. The van der Waals surface area contributed by atoms with E-state index in [-0.39, 0.29) is 12.3 Å². The van der Waals surface area contributed by atoms with E-state index < -0.39 is 60.6 Å². The molecular formula is C22H34N4O7. The summed E-state index contributed by atoms with van der Waals surface area (Å²) >= 11 is 0. The number of hydrogen-bond donors (Lipinski definition) is 7. The summed E-state index contributed by atoms with van der Waals surface area (Å²) in [6, 6.07) is 3.76. The van der Waals surface area contributed by atoms with Gasteiger partial charge in [0.2, 0.25) is 17.7 Å². The minimum Gasteiger partial charge on any atom is -0.480 e. The van der Waals surface area contributed by atoms with Gasteiger partial charge < -0.3 is 37.0 Å². The van der Waals surface area contributed by atoms with E-state index in [1.807, 2.05) is 13.8 Å². The number of rotatable bonds is 13. The maximum Gasteiger partial charge on any atom is 0.328 e. The summed E-state index contributed by atoms with van der Waals surface area (Å²) in [5, 5.41) is 35.2. The highest BCUT2D eigenvalue weighted by Gasteiger charge is 2.33. The van der Waals surface area contributed by atoms with Crippen LogP contribution in [-0.2, 0) is 25.6 Å². The minimum atomic E-state index is -1.61. The first-order valence-electron chi connectivity index (χ1n) is 10.7. The van der Waals surface area contributed by atoms with Crippen molar-refractivity contribution in [2.75, 3.05) is 6.61 Å². The monoisotopic (exact) mass is 466 g/mol. The van der Waals surface area contributed by atoms with Gasteiger partial charge in [0.1, 0.15) is 18.1 Å². The van der Waals surface area contributed by atoms with Crippen molar-refractivity contribution in [2.24, 2.45) is 11.7 Å². The Morgan fingerprint density at radius 1 is 0.939 bits per heavy atom. The predicted molar refractivity (Wildman–Crippen MR) is 120 cm³/mol. The molecule has 184 valence electrons. The maximum absolute atomic E-state index is 13.0. The zero-order valence-corrected chi connectivity index (χ0v) is 19.0. The number of aliphatic hydroxyl groups is 2. The lowest BCUT2D eigenvalue weighted by atomic mass is 9.98. The van der Waals surface area contributed by atoms with Gasteiger partial charge in [-0.05, 0) is 18.4 Å². The fraction of sp³-hybridized carbons (Fsp3) is 0.545. The van der Waals surface area contributed by atoms with Crippen LogP contribution in [0.2, 0.25) is 0 Å². The molecule has 6 atom stereocenters. The van der Waals surface area contributed by atoms with Crippen molar-refractivity contribution in [3.05, 3.63) is 35.9 Å². The highest BCUT2D eigenvalue weighted by molar-refractivity contribution is 5.94. The van der Waals surface area contributed by atoms with Crippen LogP contribution in [0, 0.1) is 5.92 Å². The highest BCUT2D eigenvalue weighted by Crippen LogP contribution is 2.08. The van der Waals surface area contributed by atoms with E-state index in [0.29, 0.717) is 6.42 Å². The standard InChI is InChI=1S/C22H34N4O7/c1-4-12(2)17(23)20(30)24-15(10-14-8-6-5-7-9-14)19(29)26-18(13(3)28)21(31)25-16(11-27)22(32)33/h5-9,12-13,15-18,27-28H,4,10-11,23H2,1-3H3,(H,24,30)(H,25,31)(H,26,29)(H,32,33). The first-order valence-corrected chi connectivity index (χ1v) is 10.7. The molecule has 0 radical (unpaired) electrons. The SMILES string of the molecule is CCC(C)C(N)C(=O)NC(Cc1ccccc1)C(=O)NC(C(=O)NC(CO)C(=O)O)C(C)O. The van der Waals surface area contributed by atoms with Crippen LogP contribution in [-0.4, -0.2) is 75.9 Å². The fourth-order valence-electron chi connectivity index (χ4n) is 2.95. The van der Waals surface area contributed by atoms with Gasteiger partial charge in [0, 0.05) is 6.42 Å². The number of amides is 3. The smallest absolute Gasteiger partial charge is 0.328 e. The molecule has 33 heavy (non-hydrogen) atoms. The molecule has 8 N–H and O–H groups in total. The molecule has 0 aliphatic heterocycles. The highest BCUT2D eigenvalue weighted by atomic mass is 16.4. The predicted octanol–water partition coefficient (Wildman–Crippen LogP) is -1.49. The summed E-state index contributed by atoms with van der Waals surface area (Å²) < 4.78 is 0. The molecule has 0 fully saturated rings. The Kier molecular flexibility index (Phi) is 11.5. The molecule has 0 aromatic heterocycles. The van der Waals surface area contributed by atoms with Gasteiger partial charge in [-0.2, -0.15) is 0 Å². The number of carboxylic acid groups (broad SMARTS) is 1. The van der Waals surface area contributed by atoms with E-state index in [1.165, 1.54) is 6.92 Å². The maximum atomic E-state index is 13.0. The van der Waals surface area contributed by atoms with Gasteiger partial charge in [-0.3, -0.25) is 14.4 Å². The van der Waals surface area contributed by atoms with Crippen molar-refractivity contribution < 1.29 is 34.5 Å². The van der Waals surface area contributed by atoms with Crippen LogP contribution in [0.25, 0.3) is 0 Å². The third-order valence-electron chi connectivity index (χ3n) is 5.34. The Bertz CT molecular complexity index is 803. The van der Waals surface area contributed by atoms with Gasteiger partial charge in [0.15, 0.2) is 0 Å². The van der Waals surface area contributed by atoms with E-state index in [0.717, 1.165) is 5.56 Å². The fourth-order valence-corrected chi connectivity index (χ4v) is 2.95. The first-order chi connectivity index (χ1) is 15.5. The van der Waals surface area contributed by atoms with Gasteiger partial charge in [-0.15, -0.1) is 0 Å². The number of carboxylic acids is 1. The molecule has 1 aromatic carbocycles. The molecule has 11 heteroatoms.